The van der Waals surface area contributed by atoms with Crippen LogP contribution in [0, 0.1) is 0 Å². The Morgan fingerprint density at radius 1 is 0.543 bits per heavy atom. The molecule has 35 heavy (non-hydrogen) atoms. The topological polar surface area (TPSA) is 159 Å². The van der Waals surface area contributed by atoms with Crippen LogP contribution in [-0.2, 0) is 19.1 Å². The minimum absolute atomic E-state index is 0. The molecule has 0 spiro atoms. The van der Waals surface area contributed by atoms with Crippen molar-refractivity contribution >= 4 is 45.4 Å². The summed E-state index contributed by atoms with van der Waals surface area (Å²) in [6.45, 7) is 0. The maximum Gasteiger partial charge on any atom is 0.346 e. The number of fused-ring (bicyclic) bond motifs is 2. The number of carbonyl (C=O) groups excluding carboxylic acids is 4. The minimum Gasteiger partial charge on any atom is -0.412 e. The fourth-order valence-corrected chi connectivity index (χ4v) is 3.48. The number of hydrogen-bond acceptors (Lipinski definition) is 8. The molecule has 0 aliphatic carbocycles. The van der Waals surface area contributed by atoms with Crippen molar-refractivity contribution in [2.45, 2.75) is 12.2 Å². The lowest BCUT2D eigenvalue weighted by atomic mass is 10.0. The van der Waals surface area contributed by atoms with E-state index in [-0.39, 0.29) is 16.6 Å². The average molecular weight is 476 g/mol. The molecule has 0 radical (unpaired) electrons. The van der Waals surface area contributed by atoms with Crippen LogP contribution in [0.15, 0.2) is 84.9 Å². The van der Waals surface area contributed by atoms with Gasteiger partial charge in [0.05, 0.1) is 11.1 Å². The first-order valence-corrected chi connectivity index (χ1v) is 10.2. The zero-order chi connectivity index (χ0) is 24.2. The van der Waals surface area contributed by atoms with E-state index in [9.17, 15) is 29.4 Å². The molecule has 2 atom stereocenters. The lowest BCUT2D eigenvalue weighted by Gasteiger charge is -2.15. The Bertz CT molecular complexity index is 1310. The molecule has 0 bridgehead atoms. The second-order valence-corrected chi connectivity index (χ2v) is 7.36. The monoisotopic (exact) mass is 476 g/mol. The molecule has 0 aliphatic heterocycles. The third kappa shape index (κ3) is 5.22. The third-order valence-electron chi connectivity index (χ3n) is 5.19. The van der Waals surface area contributed by atoms with Crippen LogP contribution in [0.1, 0.15) is 20.7 Å². The van der Waals surface area contributed by atoms with Gasteiger partial charge in [0.2, 0.25) is 0 Å². The number of rotatable bonds is 5. The fourth-order valence-electron chi connectivity index (χ4n) is 3.48. The summed E-state index contributed by atoms with van der Waals surface area (Å²) in [5.41, 5.74) is 0.115. The molecule has 178 valence electrons. The molecule has 9 heteroatoms. The van der Waals surface area contributed by atoms with E-state index in [0.29, 0.717) is 10.8 Å². The lowest BCUT2D eigenvalue weighted by Crippen LogP contribution is -2.43. The summed E-state index contributed by atoms with van der Waals surface area (Å²) in [5, 5.41) is 22.5. The number of hydrogen-bond donors (Lipinski definition) is 2. The first-order chi connectivity index (χ1) is 16.4. The summed E-state index contributed by atoms with van der Waals surface area (Å²) in [6.07, 6.45) is -4.90. The fraction of sp³-hybridized carbons (Fsp3) is 0.0769. The highest BCUT2D eigenvalue weighted by Gasteiger charge is 2.36. The molecule has 2 unspecified atom stereocenters. The van der Waals surface area contributed by atoms with Gasteiger partial charge >= 0.3 is 23.9 Å². The van der Waals surface area contributed by atoms with Crippen LogP contribution in [0.4, 0.5) is 0 Å². The van der Waals surface area contributed by atoms with E-state index in [1.54, 1.807) is 72.8 Å². The predicted octanol–water partition coefficient (Wildman–Crippen LogP) is 1.96. The van der Waals surface area contributed by atoms with Crippen molar-refractivity contribution in [2.24, 2.45) is 0 Å². The van der Waals surface area contributed by atoms with Crippen molar-refractivity contribution in [3.05, 3.63) is 96.1 Å². The van der Waals surface area contributed by atoms with Gasteiger partial charge in [0.15, 0.2) is 12.2 Å². The van der Waals surface area contributed by atoms with Gasteiger partial charge in [0.25, 0.3) is 0 Å². The van der Waals surface area contributed by atoms with Crippen LogP contribution in [-0.4, -0.2) is 51.8 Å². The summed E-state index contributed by atoms with van der Waals surface area (Å²) in [5.74, 6) is -5.29. The third-order valence-corrected chi connectivity index (χ3v) is 5.19. The van der Waals surface area contributed by atoms with E-state index in [0.717, 1.165) is 10.8 Å². The summed E-state index contributed by atoms with van der Waals surface area (Å²) in [4.78, 5) is 49.3. The molecule has 4 aromatic carbocycles. The number of benzene rings is 4. The first kappa shape index (κ1) is 25.2. The van der Waals surface area contributed by atoms with Crippen LogP contribution in [0.5, 0.6) is 0 Å². The Hall–Kier alpha value is -4.44. The van der Waals surface area contributed by atoms with Gasteiger partial charge in [-0.3, -0.25) is 0 Å². The molecule has 0 saturated heterocycles. The molecular formula is C26H20O9. The van der Waals surface area contributed by atoms with Crippen LogP contribution in [0.2, 0.25) is 0 Å². The first-order valence-electron chi connectivity index (χ1n) is 10.2. The van der Waals surface area contributed by atoms with Crippen LogP contribution >= 0.6 is 0 Å². The SMILES string of the molecule is O.O=C(OC(=O)C(O)C(O)C(=O)OC(=O)c1cccc2ccccc12)c1cccc2ccccc12. The quantitative estimate of drug-likeness (QED) is 0.327. The predicted molar refractivity (Wildman–Crippen MR) is 124 cm³/mol. The standard InChI is InChI=1S/C26H18O8.H2O/c27-21(25(31)33-23(29)19-13-5-9-15-7-1-3-11-17(15)19)22(28)26(32)34-24(30)20-14-6-10-16-8-2-4-12-18(16)20;/h1-14,21-22,27-28H;1H2. The molecule has 0 amide bonds. The molecule has 9 nitrogen and oxygen atoms in total. The van der Waals surface area contributed by atoms with Gasteiger partial charge < -0.3 is 25.2 Å². The van der Waals surface area contributed by atoms with Gasteiger partial charge in [-0.05, 0) is 33.7 Å². The van der Waals surface area contributed by atoms with Crippen LogP contribution in [0.25, 0.3) is 21.5 Å². The Morgan fingerprint density at radius 2 is 0.886 bits per heavy atom. The minimum atomic E-state index is -2.45. The Balaban J connectivity index is 0.00000342. The molecule has 4 rings (SSSR count). The largest absolute Gasteiger partial charge is 0.412 e. The van der Waals surface area contributed by atoms with Gasteiger partial charge in [-0.15, -0.1) is 0 Å². The molecule has 0 heterocycles. The van der Waals surface area contributed by atoms with Crippen molar-refractivity contribution < 1.29 is 44.3 Å². The second-order valence-electron chi connectivity index (χ2n) is 7.36. The zero-order valence-electron chi connectivity index (χ0n) is 18.1. The van der Waals surface area contributed by atoms with Crippen LogP contribution in [0.3, 0.4) is 0 Å². The summed E-state index contributed by atoms with van der Waals surface area (Å²) < 4.78 is 9.29. The molecule has 0 saturated carbocycles. The summed E-state index contributed by atoms with van der Waals surface area (Å²) in [6, 6.07) is 23.3. The number of carbonyl (C=O) groups is 4. The maximum absolute atomic E-state index is 12.4. The number of aliphatic hydroxyl groups excluding tert-OH is 2. The van der Waals surface area contributed by atoms with Crippen molar-refractivity contribution in [3.63, 3.8) is 0 Å². The maximum atomic E-state index is 12.4. The van der Waals surface area contributed by atoms with Gasteiger partial charge in [-0.2, -0.15) is 0 Å². The van der Waals surface area contributed by atoms with Crippen molar-refractivity contribution in [1.82, 2.24) is 0 Å². The Morgan fingerprint density at radius 3 is 1.29 bits per heavy atom. The average Bonchev–Trinajstić information content (AvgIpc) is 2.86. The van der Waals surface area contributed by atoms with Gasteiger partial charge in [0, 0.05) is 0 Å². The molecule has 0 aromatic heterocycles. The normalized spacial score (nSPS) is 12.3. The number of esters is 4. The highest BCUT2D eigenvalue weighted by atomic mass is 16.6. The molecule has 4 aromatic rings. The smallest absolute Gasteiger partial charge is 0.346 e. The molecule has 4 N–H and O–H groups in total. The highest BCUT2D eigenvalue weighted by molar-refractivity contribution is 6.09. The van der Waals surface area contributed by atoms with Crippen molar-refractivity contribution in [2.75, 3.05) is 0 Å². The van der Waals surface area contributed by atoms with Gasteiger partial charge in [-0.25, -0.2) is 19.2 Å². The Kier molecular flexibility index (Phi) is 7.67. The van der Waals surface area contributed by atoms with Crippen molar-refractivity contribution in [1.29, 1.82) is 0 Å². The van der Waals surface area contributed by atoms with Gasteiger partial charge in [-0.1, -0.05) is 72.8 Å². The molecule has 0 fully saturated rings. The highest BCUT2D eigenvalue weighted by Crippen LogP contribution is 2.21. The van der Waals surface area contributed by atoms with E-state index in [2.05, 4.69) is 9.47 Å². The molecular weight excluding hydrogens is 456 g/mol. The van der Waals surface area contributed by atoms with E-state index < -0.39 is 36.1 Å². The summed E-state index contributed by atoms with van der Waals surface area (Å²) in [7, 11) is 0. The van der Waals surface area contributed by atoms with E-state index in [1.807, 2.05) is 0 Å². The Labute approximate surface area is 198 Å². The summed E-state index contributed by atoms with van der Waals surface area (Å²) >= 11 is 0. The van der Waals surface area contributed by atoms with E-state index >= 15 is 0 Å². The van der Waals surface area contributed by atoms with Gasteiger partial charge in [0.1, 0.15) is 0 Å². The zero-order valence-corrected chi connectivity index (χ0v) is 18.1. The van der Waals surface area contributed by atoms with E-state index in [1.165, 1.54) is 12.1 Å². The van der Waals surface area contributed by atoms with Crippen molar-refractivity contribution in [3.8, 4) is 0 Å². The van der Waals surface area contributed by atoms with Crippen LogP contribution < -0.4 is 0 Å². The number of ether oxygens (including phenoxy) is 2. The second kappa shape index (κ2) is 10.7. The number of aliphatic hydroxyl groups is 2. The van der Waals surface area contributed by atoms with E-state index in [4.69, 9.17) is 0 Å². The lowest BCUT2D eigenvalue weighted by molar-refractivity contribution is -0.166. The molecule has 0 aliphatic rings.